The smallest absolute Gasteiger partial charge is 0.254 e. The highest BCUT2D eigenvalue weighted by Gasteiger charge is 2.15. The van der Waals surface area contributed by atoms with Crippen molar-refractivity contribution in [2.24, 2.45) is 0 Å². The van der Waals surface area contributed by atoms with Crippen molar-refractivity contribution >= 4 is 11.7 Å². The van der Waals surface area contributed by atoms with Gasteiger partial charge in [-0.25, -0.2) is 9.37 Å². The van der Waals surface area contributed by atoms with Gasteiger partial charge in [0.15, 0.2) is 11.6 Å². The van der Waals surface area contributed by atoms with Crippen LogP contribution in [0.1, 0.15) is 31.1 Å². The second kappa shape index (κ2) is 7.68. The van der Waals surface area contributed by atoms with Crippen LogP contribution < -0.4 is 10.6 Å². The molecule has 1 amide bonds. The summed E-state index contributed by atoms with van der Waals surface area (Å²) in [5.41, 5.74) is -0.0181. The first-order valence-electron chi connectivity index (χ1n) is 6.34. The molecule has 0 fully saturated rings. The Kier molecular flexibility index (Phi) is 6.21. The molecular formula is C13H20FN3O2. The number of hydrogen-bond donors (Lipinski definition) is 2. The predicted molar refractivity (Wildman–Crippen MR) is 71.8 cm³/mol. The number of pyridine rings is 1. The average molecular weight is 269 g/mol. The monoisotopic (exact) mass is 269 g/mol. The van der Waals surface area contributed by atoms with Gasteiger partial charge in [0.1, 0.15) is 0 Å². The number of hydrogen-bond acceptors (Lipinski definition) is 4. The summed E-state index contributed by atoms with van der Waals surface area (Å²) in [4.78, 5) is 15.6. The van der Waals surface area contributed by atoms with Gasteiger partial charge in [0, 0.05) is 19.3 Å². The van der Waals surface area contributed by atoms with Gasteiger partial charge >= 0.3 is 0 Å². The molecule has 1 aromatic rings. The molecule has 0 atom stereocenters. The molecule has 0 saturated heterocycles. The maximum absolute atomic E-state index is 13.9. The van der Waals surface area contributed by atoms with E-state index in [0.717, 1.165) is 0 Å². The molecule has 0 aliphatic carbocycles. The summed E-state index contributed by atoms with van der Waals surface area (Å²) in [6, 6.07) is 1.36. The third kappa shape index (κ3) is 4.82. The van der Waals surface area contributed by atoms with Gasteiger partial charge in [-0.15, -0.1) is 0 Å². The number of nitrogens with zero attached hydrogens (tertiary/aromatic N) is 1. The Morgan fingerprint density at radius 2 is 2.26 bits per heavy atom. The van der Waals surface area contributed by atoms with Crippen LogP contribution in [0.5, 0.6) is 0 Å². The summed E-state index contributed by atoms with van der Waals surface area (Å²) in [6.07, 6.45) is 1.51. The zero-order chi connectivity index (χ0) is 14.3. The summed E-state index contributed by atoms with van der Waals surface area (Å²) >= 11 is 0. The van der Waals surface area contributed by atoms with E-state index in [0.29, 0.717) is 19.7 Å². The highest BCUT2D eigenvalue weighted by molar-refractivity contribution is 5.95. The second-order valence-electron chi connectivity index (χ2n) is 4.23. The molecule has 0 aromatic carbocycles. The predicted octanol–water partition coefficient (Wildman–Crippen LogP) is 1.81. The van der Waals surface area contributed by atoms with E-state index in [4.69, 9.17) is 4.74 Å². The molecule has 0 aliphatic rings. The van der Waals surface area contributed by atoms with Gasteiger partial charge in [0.05, 0.1) is 18.3 Å². The maximum Gasteiger partial charge on any atom is 0.254 e. The summed E-state index contributed by atoms with van der Waals surface area (Å²) < 4.78 is 19.2. The van der Waals surface area contributed by atoms with E-state index in [1.807, 2.05) is 20.8 Å². The van der Waals surface area contributed by atoms with Crippen LogP contribution in [0.15, 0.2) is 12.3 Å². The lowest BCUT2D eigenvalue weighted by atomic mass is 10.2. The van der Waals surface area contributed by atoms with Gasteiger partial charge in [-0.2, -0.15) is 0 Å². The number of rotatable bonds is 7. The molecule has 0 spiro atoms. The molecule has 0 bridgehead atoms. The van der Waals surface area contributed by atoms with E-state index in [9.17, 15) is 9.18 Å². The quantitative estimate of drug-likeness (QED) is 0.741. The molecule has 0 aliphatic heterocycles. The largest absolute Gasteiger partial charge is 0.377 e. The Morgan fingerprint density at radius 1 is 1.53 bits per heavy atom. The molecule has 5 nitrogen and oxygen atoms in total. The van der Waals surface area contributed by atoms with Crippen molar-refractivity contribution in [3.63, 3.8) is 0 Å². The van der Waals surface area contributed by atoms with Crippen molar-refractivity contribution in [3.8, 4) is 0 Å². The van der Waals surface area contributed by atoms with Crippen molar-refractivity contribution in [2.45, 2.75) is 26.9 Å². The zero-order valence-electron chi connectivity index (χ0n) is 11.5. The van der Waals surface area contributed by atoms with Crippen LogP contribution in [0, 0.1) is 5.82 Å². The highest BCUT2D eigenvalue weighted by atomic mass is 19.1. The fourth-order valence-electron chi connectivity index (χ4n) is 1.46. The van der Waals surface area contributed by atoms with Gasteiger partial charge in [-0.3, -0.25) is 4.79 Å². The van der Waals surface area contributed by atoms with Crippen molar-refractivity contribution in [1.29, 1.82) is 0 Å². The second-order valence-corrected chi connectivity index (χ2v) is 4.23. The lowest BCUT2D eigenvalue weighted by molar-refractivity contribution is 0.0745. The van der Waals surface area contributed by atoms with Gasteiger partial charge in [-0.05, 0) is 26.8 Å². The van der Waals surface area contributed by atoms with E-state index in [1.54, 1.807) is 0 Å². The molecule has 19 heavy (non-hydrogen) atoms. The number of carbonyl (C=O) groups excluding carboxylic acids is 1. The van der Waals surface area contributed by atoms with Gasteiger partial charge < -0.3 is 15.4 Å². The topological polar surface area (TPSA) is 63.2 Å². The first-order valence-corrected chi connectivity index (χ1v) is 6.34. The SMILES string of the molecule is CCNc1nccc(C(=O)NCCOC(C)C)c1F. The highest BCUT2D eigenvalue weighted by Crippen LogP contribution is 2.14. The summed E-state index contributed by atoms with van der Waals surface area (Å²) in [6.45, 7) is 6.93. The number of nitrogens with one attached hydrogen (secondary N) is 2. The molecule has 2 N–H and O–H groups in total. The molecule has 6 heteroatoms. The van der Waals surface area contributed by atoms with Crippen LogP contribution in [0.3, 0.4) is 0 Å². The Labute approximate surface area is 112 Å². The maximum atomic E-state index is 13.9. The van der Waals surface area contributed by atoms with Crippen LogP contribution in [-0.4, -0.2) is 36.7 Å². The third-order valence-corrected chi connectivity index (χ3v) is 2.32. The number of aromatic nitrogens is 1. The van der Waals surface area contributed by atoms with Crippen LogP contribution in [0.4, 0.5) is 10.2 Å². The Hall–Kier alpha value is -1.69. The molecule has 0 radical (unpaired) electrons. The standard InChI is InChI=1S/C13H20FN3O2/c1-4-15-12-11(14)10(5-6-16-12)13(18)17-7-8-19-9(2)3/h5-6,9H,4,7-8H2,1-3H3,(H,15,16)(H,17,18). The van der Waals surface area contributed by atoms with E-state index in [1.165, 1.54) is 12.3 Å². The van der Waals surface area contributed by atoms with Gasteiger partial charge in [0.2, 0.25) is 0 Å². The third-order valence-electron chi connectivity index (χ3n) is 2.32. The summed E-state index contributed by atoms with van der Waals surface area (Å²) in [7, 11) is 0. The fourth-order valence-corrected chi connectivity index (χ4v) is 1.46. The lowest BCUT2D eigenvalue weighted by Crippen LogP contribution is -2.29. The molecule has 1 heterocycles. The van der Waals surface area contributed by atoms with Crippen LogP contribution >= 0.6 is 0 Å². The first-order chi connectivity index (χ1) is 9.06. The first kappa shape index (κ1) is 15.4. The molecule has 1 rings (SSSR count). The van der Waals surface area contributed by atoms with E-state index >= 15 is 0 Å². The van der Waals surface area contributed by atoms with Gasteiger partial charge in [0.25, 0.3) is 5.91 Å². The Bertz CT molecular complexity index is 424. The fraction of sp³-hybridized carbons (Fsp3) is 0.538. The molecule has 106 valence electrons. The number of ether oxygens (including phenoxy) is 1. The molecule has 0 unspecified atom stereocenters. The number of amides is 1. The molecule has 0 saturated carbocycles. The molecular weight excluding hydrogens is 249 g/mol. The normalized spacial score (nSPS) is 10.6. The van der Waals surface area contributed by atoms with Crippen molar-refractivity contribution in [1.82, 2.24) is 10.3 Å². The van der Waals surface area contributed by atoms with Crippen molar-refractivity contribution < 1.29 is 13.9 Å². The number of halogens is 1. The van der Waals surface area contributed by atoms with Crippen LogP contribution in [0.2, 0.25) is 0 Å². The number of anilines is 1. The Morgan fingerprint density at radius 3 is 2.89 bits per heavy atom. The molecule has 1 aromatic heterocycles. The summed E-state index contributed by atoms with van der Waals surface area (Å²) in [5, 5.41) is 5.37. The van der Waals surface area contributed by atoms with E-state index < -0.39 is 11.7 Å². The minimum absolute atomic E-state index is 0.0181. The average Bonchev–Trinajstić information content (AvgIpc) is 2.37. The van der Waals surface area contributed by atoms with E-state index in [2.05, 4.69) is 15.6 Å². The van der Waals surface area contributed by atoms with E-state index in [-0.39, 0.29) is 17.5 Å². The summed E-state index contributed by atoms with van der Waals surface area (Å²) in [5.74, 6) is -1.01. The van der Waals surface area contributed by atoms with Crippen LogP contribution in [0.25, 0.3) is 0 Å². The number of carbonyl (C=O) groups is 1. The van der Waals surface area contributed by atoms with Crippen molar-refractivity contribution in [2.75, 3.05) is 25.0 Å². The minimum Gasteiger partial charge on any atom is -0.377 e. The van der Waals surface area contributed by atoms with Gasteiger partial charge in [-0.1, -0.05) is 0 Å². The zero-order valence-corrected chi connectivity index (χ0v) is 11.5. The minimum atomic E-state index is -0.633. The van der Waals surface area contributed by atoms with Crippen LogP contribution in [-0.2, 0) is 4.74 Å². The lowest BCUT2D eigenvalue weighted by Gasteiger charge is -2.10. The van der Waals surface area contributed by atoms with Crippen molar-refractivity contribution in [3.05, 3.63) is 23.6 Å². The Balaban J connectivity index is 2.59.